The number of nitrogens with one attached hydrogen (secondary N) is 1. The minimum absolute atomic E-state index is 0.360. The second-order valence-corrected chi connectivity index (χ2v) is 7.89. The average Bonchev–Trinajstić information content (AvgIpc) is 2.54. The second-order valence-electron chi connectivity index (χ2n) is 5.11. The van der Waals surface area contributed by atoms with Gasteiger partial charge in [-0.25, -0.2) is 0 Å². The quantitative estimate of drug-likeness (QED) is 0.886. The van der Waals surface area contributed by atoms with Gasteiger partial charge in [0.25, 0.3) is 0 Å². The van der Waals surface area contributed by atoms with Crippen molar-refractivity contribution in [2.75, 3.05) is 4.83 Å². The van der Waals surface area contributed by atoms with Gasteiger partial charge in [-0.05, 0) is 49.8 Å². The zero-order chi connectivity index (χ0) is 15.1. The van der Waals surface area contributed by atoms with E-state index < -0.39 is 10.0 Å². The van der Waals surface area contributed by atoms with Crippen molar-refractivity contribution in [2.45, 2.75) is 39.5 Å². The Balaban J connectivity index is 2.46. The van der Waals surface area contributed by atoms with Crippen molar-refractivity contribution < 1.29 is 12.5 Å². The van der Waals surface area contributed by atoms with Crippen LogP contribution in [0.25, 0.3) is 0 Å². The largest absolute Gasteiger partial charge is 0.308 e. The molecule has 0 aliphatic carbocycles. The molecule has 6 heteroatoms. The van der Waals surface area contributed by atoms with Crippen LogP contribution in [0.5, 0.6) is 0 Å². The third-order valence-corrected chi connectivity index (χ3v) is 5.91. The number of aromatic nitrogens is 1. The molecule has 0 amide bonds. The normalized spacial score (nSPS) is 11.7. The predicted octanol–water partition coefficient (Wildman–Crippen LogP) is 2.51. The molecule has 2 rings (SSSR count). The zero-order valence-corrected chi connectivity index (χ0v) is 13.9. The molecule has 4 nitrogen and oxygen atoms in total. The molecule has 2 aromatic rings. The first-order valence-electron chi connectivity index (χ1n) is 6.30. The maximum Gasteiger partial charge on any atom is 0.308 e. The lowest BCUT2D eigenvalue weighted by Crippen LogP contribution is -2.44. The van der Waals surface area contributed by atoms with Crippen LogP contribution in [0.3, 0.4) is 0 Å². The standard InChI is InChI=1S/C14H19N2O2S2/c1-9-6-10(2)14(11(3)7-9)20(17,18)15-16-8-12(4)13(5)19-16/h6-8,15H,1-5H3/q+1. The Hall–Kier alpha value is -1.40. The Morgan fingerprint density at radius 1 is 1.00 bits per heavy atom. The summed E-state index contributed by atoms with van der Waals surface area (Å²) in [4.78, 5) is 4.05. The van der Waals surface area contributed by atoms with E-state index in [2.05, 4.69) is 4.83 Å². The van der Waals surface area contributed by atoms with Crippen LogP contribution < -0.4 is 8.90 Å². The lowest BCUT2D eigenvalue weighted by molar-refractivity contribution is -0.564. The lowest BCUT2D eigenvalue weighted by Gasteiger charge is -2.09. The van der Waals surface area contributed by atoms with Crippen LogP contribution in [-0.2, 0) is 10.0 Å². The van der Waals surface area contributed by atoms with E-state index in [1.54, 1.807) is 10.3 Å². The van der Waals surface area contributed by atoms with Gasteiger partial charge in [0.1, 0.15) is 0 Å². The summed E-state index contributed by atoms with van der Waals surface area (Å²) in [7, 11) is -3.57. The number of sulfonamides is 1. The molecule has 20 heavy (non-hydrogen) atoms. The molecule has 0 bridgehead atoms. The monoisotopic (exact) mass is 311 g/mol. The number of rotatable bonds is 3. The van der Waals surface area contributed by atoms with E-state index in [1.165, 1.54) is 11.5 Å². The number of hydrogen-bond acceptors (Lipinski definition) is 3. The molecule has 0 unspecified atom stereocenters. The Bertz CT molecular complexity index is 719. The summed E-state index contributed by atoms with van der Waals surface area (Å²) < 4.78 is 26.6. The highest BCUT2D eigenvalue weighted by molar-refractivity contribution is 7.92. The molecule has 0 spiro atoms. The van der Waals surface area contributed by atoms with Gasteiger partial charge in [0.15, 0.2) is 11.5 Å². The third-order valence-electron chi connectivity index (χ3n) is 3.19. The molecular formula is C14H19N2O2S2+. The molecule has 0 atom stereocenters. The molecule has 0 aliphatic rings. The van der Waals surface area contributed by atoms with Crippen LogP contribution in [0, 0.1) is 34.6 Å². The zero-order valence-electron chi connectivity index (χ0n) is 12.3. The van der Waals surface area contributed by atoms with Crippen molar-refractivity contribution in [1.29, 1.82) is 0 Å². The number of hydrogen-bond donors (Lipinski definition) is 1. The van der Waals surface area contributed by atoms with E-state index in [-0.39, 0.29) is 0 Å². The molecule has 0 saturated carbocycles. The Labute approximate surface area is 124 Å². The minimum atomic E-state index is -3.57. The molecule has 0 fully saturated rings. The maximum atomic E-state index is 12.5. The summed E-state index contributed by atoms with van der Waals surface area (Å²) in [6.45, 7) is 9.53. The van der Waals surface area contributed by atoms with Crippen LogP contribution in [0.1, 0.15) is 27.1 Å². The van der Waals surface area contributed by atoms with Crippen molar-refractivity contribution >= 4 is 21.6 Å². The summed E-state index contributed by atoms with van der Waals surface area (Å²) in [5, 5.41) is 0. The molecule has 1 N–H and O–H groups in total. The first kappa shape index (κ1) is 15.0. The van der Waals surface area contributed by atoms with E-state index >= 15 is 0 Å². The van der Waals surface area contributed by atoms with Crippen LogP contribution >= 0.6 is 11.5 Å². The smallest absolute Gasteiger partial charge is 0.197 e. The third kappa shape index (κ3) is 2.86. The highest BCUT2D eigenvalue weighted by atomic mass is 32.2. The van der Waals surface area contributed by atoms with E-state index in [9.17, 15) is 8.42 Å². The van der Waals surface area contributed by atoms with Crippen molar-refractivity contribution in [3.8, 4) is 0 Å². The van der Waals surface area contributed by atoms with Gasteiger partial charge >= 0.3 is 10.0 Å². The van der Waals surface area contributed by atoms with Gasteiger partial charge in [0.05, 0.1) is 9.77 Å². The summed E-state index contributed by atoms with van der Waals surface area (Å²) in [5.41, 5.74) is 3.66. The molecule has 0 saturated heterocycles. The van der Waals surface area contributed by atoms with Gasteiger partial charge in [-0.3, -0.25) is 0 Å². The molecule has 1 aromatic carbocycles. The van der Waals surface area contributed by atoms with Crippen LogP contribution in [0.2, 0.25) is 0 Å². The fraction of sp³-hybridized carbons (Fsp3) is 0.357. The molecule has 1 aromatic heterocycles. The van der Waals surface area contributed by atoms with Crippen molar-refractivity contribution in [1.82, 2.24) is 0 Å². The predicted molar refractivity (Wildman–Crippen MR) is 81.2 cm³/mol. The van der Waals surface area contributed by atoms with Crippen LogP contribution in [-0.4, -0.2) is 8.42 Å². The van der Waals surface area contributed by atoms with E-state index in [0.717, 1.165) is 27.1 Å². The van der Waals surface area contributed by atoms with Gasteiger partial charge in [0, 0.05) is 5.56 Å². The van der Waals surface area contributed by atoms with E-state index in [4.69, 9.17) is 0 Å². The molecule has 0 radical (unpaired) electrons. The highest BCUT2D eigenvalue weighted by Crippen LogP contribution is 2.21. The molecule has 1 heterocycles. The highest BCUT2D eigenvalue weighted by Gasteiger charge is 2.25. The molecule has 108 valence electrons. The van der Waals surface area contributed by atoms with Gasteiger partial charge in [-0.1, -0.05) is 22.5 Å². The van der Waals surface area contributed by atoms with Gasteiger partial charge < -0.3 is 0 Å². The maximum absolute atomic E-state index is 12.5. The van der Waals surface area contributed by atoms with E-state index in [0.29, 0.717) is 4.90 Å². The Kier molecular flexibility index (Phi) is 3.88. The average molecular weight is 311 g/mol. The summed E-state index contributed by atoms with van der Waals surface area (Å²) >= 11 is 1.38. The van der Waals surface area contributed by atoms with Crippen molar-refractivity contribution in [3.63, 3.8) is 0 Å². The minimum Gasteiger partial charge on any atom is -0.197 e. The van der Waals surface area contributed by atoms with Gasteiger partial charge in [-0.2, -0.15) is 8.42 Å². The Morgan fingerprint density at radius 2 is 1.55 bits per heavy atom. The van der Waals surface area contributed by atoms with E-state index in [1.807, 2.05) is 46.8 Å². The number of nitrogens with zero attached hydrogens (tertiary/aromatic N) is 1. The lowest BCUT2D eigenvalue weighted by atomic mass is 10.1. The first-order chi connectivity index (χ1) is 9.20. The molecular weight excluding hydrogens is 292 g/mol. The topological polar surface area (TPSA) is 50.1 Å². The van der Waals surface area contributed by atoms with Gasteiger partial charge in [0.2, 0.25) is 6.20 Å². The van der Waals surface area contributed by atoms with Crippen molar-refractivity contribution in [3.05, 3.63) is 45.5 Å². The summed E-state index contributed by atoms with van der Waals surface area (Å²) in [5.74, 6) is 0. The number of aryl methyl sites for hydroxylation is 5. The fourth-order valence-electron chi connectivity index (χ4n) is 2.31. The first-order valence-corrected chi connectivity index (χ1v) is 8.56. The number of benzene rings is 1. The SMILES string of the molecule is Cc1cc(C)c(S(=O)(=O)N[n+]2cc(C)c(C)s2)c(C)c1. The van der Waals surface area contributed by atoms with Crippen LogP contribution in [0.15, 0.2) is 23.2 Å². The summed E-state index contributed by atoms with van der Waals surface area (Å²) in [6.07, 6.45) is 1.79. The summed E-state index contributed by atoms with van der Waals surface area (Å²) in [6, 6.07) is 3.77. The van der Waals surface area contributed by atoms with Gasteiger partial charge in [-0.15, -0.1) is 0 Å². The van der Waals surface area contributed by atoms with Crippen LogP contribution in [0.4, 0.5) is 0 Å². The second kappa shape index (κ2) is 5.18. The van der Waals surface area contributed by atoms with Crippen molar-refractivity contribution in [2.24, 2.45) is 0 Å². The Morgan fingerprint density at radius 3 is 2.00 bits per heavy atom. The fourth-order valence-corrected chi connectivity index (χ4v) is 4.80. The molecule has 0 aliphatic heterocycles.